The van der Waals surface area contributed by atoms with E-state index in [4.69, 9.17) is 0 Å². The van der Waals surface area contributed by atoms with Gasteiger partial charge in [-0.1, -0.05) is 35.3 Å². The van der Waals surface area contributed by atoms with Crippen LogP contribution < -0.4 is 10.6 Å². The van der Waals surface area contributed by atoms with Crippen molar-refractivity contribution in [1.29, 1.82) is 0 Å². The normalized spacial score (nSPS) is 16.3. The van der Waals surface area contributed by atoms with Gasteiger partial charge in [0.15, 0.2) is 0 Å². The molecule has 0 bridgehead atoms. The van der Waals surface area contributed by atoms with Crippen LogP contribution in [0.2, 0.25) is 0 Å². The molecule has 1 aliphatic rings. The lowest BCUT2D eigenvalue weighted by molar-refractivity contribution is -0.123. The fourth-order valence-corrected chi connectivity index (χ4v) is 2.67. The average molecular weight is 311 g/mol. The summed E-state index contributed by atoms with van der Waals surface area (Å²) in [7, 11) is 0. The first-order valence-electron chi connectivity index (χ1n) is 5.98. The Morgan fingerprint density at radius 3 is 2.56 bits per heavy atom. The van der Waals surface area contributed by atoms with E-state index in [1.807, 2.05) is 18.2 Å². The van der Waals surface area contributed by atoms with Crippen molar-refractivity contribution in [3.63, 3.8) is 0 Å². The second-order valence-electron chi connectivity index (χ2n) is 4.33. The van der Waals surface area contributed by atoms with Crippen LogP contribution in [-0.2, 0) is 9.59 Å². The quantitative estimate of drug-likeness (QED) is 0.665. The van der Waals surface area contributed by atoms with Gasteiger partial charge >= 0.3 is 0 Å². The molecule has 0 saturated heterocycles. The minimum absolute atomic E-state index is 0.128. The number of anilines is 2. The summed E-state index contributed by atoms with van der Waals surface area (Å²) < 4.78 is 0. The Bertz CT molecular complexity index is 488. The molecule has 0 aromatic heterocycles. The molecule has 0 saturated carbocycles. The molecule has 1 heterocycles. The fraction of sp³-hybridized carbons (Fsp3) is 0.385. The number of carbonyl (C=O) groups excluding carboxylic acids is 2. The molecule has 1 aliphatic heterocycles. The molecule has 1 aromatic carbocycles. The largest absolute Gasteiger partial charge is 0.324 e. The van der Waals surface area contributed by atoms with E-state index in [0.29, 0.717) is 11.4 Å². The molecule has 18 heavy (non-hydrogen) atoms. The summed E-state index contributed by atoms with van der Waals surface area (Å²) in [4.78, 5) is 23.1. The molecule has 1 unspecified atom stereocenters. The third kappa shape index (κ3) is 2.90. The van der Waals surface area contributed by atoms with Gasteiger partial charge in [0, 0.05) is 4.83 Å². The maximum Gasteiger partial charge on any atom is 0.233 e. The first kappa shape index (κ1) is 13.1. The number of hydrogen-bond donors (Lipinski definition) is 2. The summed E-state index contributed by atoms with van der Waals surface area (Å²) in [6.07, 6.45) is 1.98. The topological polar surface area (TPSA) is 58.2 Å². The Kier molecular flexibility index (Phi) is 4.01. The van der Waals surface area contributed by atoms with E-state index in [-0.39, 0.29) is 23.1 Å². The highest BCUT2D eigenvalue weighted by Gasteiger charge is 2.19. The highest BCUT2D eigenvalue weighted by atomic mass is 79.9. The summed E-state index contributed by atoms with van der Waals surface area (Å²) in [6.45, 7) is 2.12. The smallest absolute Gasteiger partial charge is 0.233 e. The van der Waals surface area contributed by atoms with Gasteiger partial charge in [0.2, 0.25) is 11.8 Å². The summed E-state index contributed by atoms with van der Waals surface area (Å²) in [5.41, 5.74) is 2.43. The Labute approximate surface area is 114 Å². The minimum Gasteiger partial charge on any atom is -0.324 e. The van der Waals surface area contributed by atoms with Crippen LogP contribution in [0.5, 0.6) is 0 Å². The van der Waals surface area contributed by atoms with E-state index >= 15 is 0 Å². The van der Waals surface area contributed by atoms with Crippen molar-refractivity contribution in [2.45, 2.75) is 31.0 Å². The molecule has 96 valence electrons. The van der Waals surface area contributed by atoms with Gasteiger partial charge in [0.25, 0.3) is 0 Å². The maximum atomic E-state index is 11.5. The van der Waals surface area contributed by atoms with Gasteiger partial charge in [-0.05, 0) is 24.1 Å². The zero-order valence-electron chi connectivity index (χ0n) is 10.1. The Hall–Kier alpha value is -1.36. The van der Waals surface area contributed by atoms with Crippen LogP contribution in [0.15, 0.2) is 18.2 Å². The highest BCUT2D eigenvalue weighted by molar-refractivity contribution is 9.09. The van der Waals surface area contributed by atoms with Gasteiger partial charge < -0.3 is 10.6 Å². The van der Waals surface area contributed by atoms with E-state index in [2.05, 4.69) is 33.5 Å². The van der Waals surface area contributed by atoms with E-state index < -0.39 is 0 Å². The second kappa shape index (κ2) is 5.52. The number of rotatable bonds is 3. The first-order chi connectivity index (χ1) is 8.60. The SMILES string of the molecule is CCCC(Br)c1ccc2c(c1)NC(=O)CC(=O)N2. The molecule has 2 N–H and O–H groups in total. The lowest BCUT2D eigenvalue weighted by Crippen LogP contribution is -2.16. The van der Waals surface area contributed by atoms with Crippen molar-refractivity contribution in [3.05, 3.63) is 23.8 Å². The van der Waals surface area contributed by atoms with Crippen molar-refractivity contribution in [1.82, 2.24) is 0 Å². The van der Waals surface area contributed by atoms with Gasteiger partial charge in [-0.2, -0.15) is 0 Å². The van der Waals surface area contributed by atoms with E-state index in [9.17, 15) is 9.59 Å². The second-order valence-corrected chi connectivity index (χ2v) is 5.44. The van der Waals surface area contributed by atoms with E-state index in [0.717, 1.165) is 18.4 Å². The average Bonchev–Trinajstić information content (AvgIpc) is 2.44. The van der Waals surface area contributed by atoms with Crippen molar-refractivity contribution < 1.29 is 9.59 Å². The molecular weight excluding hydrogens is 296 g/mol. The number of carbonyl (C=O) groups is 2. The molecule has 0 aliphatic carbocycles. The molecular formula is C13H15BrN2O2. The van der Waals surface area contributed by atoms with Crippen LogP contribution in [0.3, 0.4) is 0 Å². The highest BCUT2D eigenvalue weighted by Crippen LogP contribution is 2.33. The van der Waals surface area contributed by atoms with Crippen molar-refractivity contribution in [2.75, 3.05) is 10.6 Å². The van der Waals surface area contributed by atoms with Gasteiger partial charge in [-0.25, -0.2) is 0 Å². The Morgan fingerprint density at radius 2 is 1.89 bits per heavy atom. The molecule has 5 heteroatoms. The molecule has 0 fully saturated rings. The standard InChI is InChI=1S/C13H15BrN2O2/c1-2-3-9(14)8-4-5-10-11(6-8)16-13(18)7-12(17)15-10/h4-6,9H,2-3,7H2,1H3,(H,15,17)(H,16,18). The maximum absolute atomic E-state index is 11.5. The van der Waals surface area contributed by atoms with Crippen LogP contribution >= 0.6 is 15.9 Å². The monoisotopic (exact) mass is 310 g/mol. The molecule has 0 radical (unpaired) electrons. The van der Waals surface area contributed by atoms with E-state index in [1.165, 1.54) is 0 Å². The van der Waals surface area contributed by atoms with Crippen LogP contribution in [-0.4, -0.2) is 11.8 Å². The summed E-state index contributed by atoms with van der Waals surface area (Å²) in [5.74, 6) is -0.548. The number of alkyl halides is 1. The summed E-state index contributed by atoms with van der Waals surface area (Å²) in [5, 5.41) is 5.46. The molecule has 2 amide bonds. The van der Waals surface area contributed by atoms with Crippen molar-refractivity contribution >= 4 is 39.1 Å². The molecule has 0 spiro atoms. The Balaban J connectivity index is 2.31. The van der Waals surface area contributed by atoms with Crippen molar-refractivity contribution in [3.8, 4) is 0 Å². The first-order valence-corrected chi connectivity index (χ1v) is 6.89. The number of benzene rings is 1. The lowest BCUT2D eigenvalue weighted by Gasteiger charge is -2.13. The third-order valence-corrected chi connectivity index (χ3v) is 3.80. The van der Waals surface area contributed by atoms with Gasteiger partial charge in [-0.15, -0.1) is 0 Å². The zero-order chi connectivity index (χ0) is 13.1. The van der Waals surface area contributed by atoms with Crippen molar-refractivity contribution in [2.24, 2.45) is 0 Å². The van der Waals surface area contributed by atoms with Gasteiger partial charge in [0.05, 0.1) is 11.4 Å². The predicted octanol–water partition coefficient (Wildman–Crippen LogP) is 3.20. The summed E-state index contributed by atoms with van der Waals surface area (Å²) >= 11 is 3.62. The zero-order valence-corrected chi connectivity index (χ0v) is 11.7. The number of amides is 2. The lowest BCUT2D eigenvalue weighted by atomic mass is 10.1. The Morgan fingerprint density at radius 1 is 1.22 bits per heavy atom. The summed E-state index contributed by atoms with van der Waals surface area (Å²) in [6, 6.07) is 5.71. The predicted molar refractivity (Wildman–Crippen MR) is 74.9 cm³/mol. The number of halogens is 1. The number of nitrogens with one attached hydrogen (secondary N) is 2. The molecule has 1 atom stereocenters. The number of hydrogen-bond acceptors (Lipinski definition) is 2. The molecule has 1 aromatic rings. The van der Waals surface area contributed by atoms with Crippen LogP contribution in [0.25, 0.3) is 0 Å². The van der Waals surface area contributed by atoms with Crippen LogP contribution in [0.1, 0.15) is 36.6 Å². The minimum atomic E-state index is -0.275. The molecule has 2 rings (SSSR count). The fourth-order valence-electron chi connectivity index (χ4n) is 1.92. The number of fused-ring (bicyclic) bond motifs is 1. The molecule has 4 nitrogen and oxygen atoms in total. The van der Waals surface area contributed by atoms with Gasteiger partial charge in [0.1, 0.15) is 6.42 Å². The van der Waals surface area contributed by atoms with Crippen LogP contribution in [0, 0.1) is 0 Å². The van der Waals surface area contributed by atoms with Gasteiger partial charge in [-0.3, -0.25) is 9.59 Å². The van der Waals surface area contributed by atoms with E-state index in [1.54, 1.807) is 0 Å². The third-order valence-electron chi connectivity index (χ3n) is 2.82. The van der Waals surface area contributed by atoms with Crippen LogP contribution in [0.4, 0.5) is 11.4 Å².